The molecule has 0 saturated carbocycles. The third-order valence-corrected chi connectivity index (χ3v) is 3.02. The van der Waals surface area contributed by atoms with E-state index in [9.17, 15) is 5.11 Å². The fraction of sp³-hybridized carbons (Fsp3) is 0.0714. The molecule has 0 aliphatic heterocycles. The predicted octanol–water partition coefficient (Wildman–Crippen LogP) is 2.07. The molecule has 0 unspecified atom stereocenters. The molecule has 2 aromatic carbocycles. The highest BCUT2D eigenvalue weighted by atomic mass is 16.3. The van der Waals surface area contributed by atoms with E-state index in [0.29, 0.717) is 17.7 Å². The SMILES string of the molecule is Nc1ccc(O)c2c1cnn2NCc1ccccc1. The lowest BCUT2D eigenvalue weighted by Crippen LogP contribution is -2.15. The van der Waals surface area contributed by atoms with E-state index in [0.717, 1.165) is 10.9 Å². The third-order valence-electron chi connectivity index (χ3n) is 3.02. The molecule has 0 spiro atoms. The van der Waals surface area contributed by atoms with Crippen LogP contribution in [0.4, 0.5) is 5.69 Å². The molecule has 19 heavy (non-hydrogen) atoms. The van der Waals surface area contributed by atoms with Crippen molar-refractivity contribution in [1.82, 2.24) is 9.89 Å². The monoisotopic (exact) mass is 254 g/mol. The van der Waals surface area contributed by atoms with Crippen molar-refractivity contribution >= 4 is 16.6 Å². The molecular weight excluding hydrogens is 240 g/mol. The smallest absolute Gasteiger partial charge is 0.143 e. The standard InChI is InChI=1S/C14H14N4O/c15-12-6-7-13(19)14-11(12)9-17-18(14)16-8-10-4-2-1-3-5-10/h1-7,9,16,19H,8,15H2. The van der Waals surface area contributed by atoms with Gasteiger partial charge >= 0.3 is 0 Å². The number of aromatic nitrogens is 2. The summed E-state index contributed by atoms with van der Waals surface area (Å²) in [6.45, 7) is 0.617. The molecule has 0 atom stereocenters. The second-order valence-electron chi connectivity index (χ2n) is 4.31. The number of phenolic OH excluding ortho intramolecular Hbond substituents is 1. The molecule has 0 fully saturated rings. The highest BCUT2D eigenvalue weighted by molar-refractivity contribution is 5.94. The lowest BCUT2D eigenvalue weighted by Gasteiger charge is -2.08. The number of hydrogen-bond donors (Lipinski definition) is 3. The quantitative estimate of drug-likeness (QED) is 0.494. The zero-order chi connectivity index (χ0) is 13.2. The number of nitrogens with zero attached hydrogens (tertiary/aromatic N) is 2. The molecule has 0 aliphatic rings. The van der Waals surface area contributed by atoms with Gasteiger partial charge in [-0.1, -0.05) is 30.3 Å². The minimum Gasteiger partial charge on any atom is -0.506 e. The van der Waals surface area contributed by atoms with Crippen molar-refractivity contribution in [1.29, 1.82) is 0 Å². The van der Waals surface area contributed by atoms with Crippen LogP contribution in [-0.4, -0.2) is 15.0 Å². The number of nitrogens with one attached hydrogen (secondary N) is 1. The van der Waals surface area contributed by atoms with Crippen LogP contribution in [-0.2, 0) is 6.54 Å². The summed E-state index contributed by atoms with van der Waals surface area (Å²) < 4.78 is 0. The highest BCUT2D eigenvalue weighted by Gasteiger charge is 2.09. The van der Waals surface area contributed by atoms with Crippen molar-refractivity contribution in [2.75, 3.05) is 11.2 Å². The van der Waals surface area contributed by atoms with E-state index in [1.807, 2.05) is 30.3 Å². The molecule has 0 radical (unpaired) electrons. The summed E-state index contributed by atoms with van der Waals surface area (Å²) in [6.07, 6.45) is 1.64. The molecule has 1 heterocycles. The van der Waals surface area contributed by atoms with Crippen LogP contribution in [0.5, 0.6) is 5.75 Å². The average Bonchev–Trinajstić information content (AvgIpc) is 2.87. The van der Waals surface area contributed by atoms with Crippen molar-refractivity contribution < 1.29 is 5.11 Å². The van der Waals surface area contributed by atoms with Crippen LogP contribution in [0.15, 0.2) is 48.7 Å². The first kappa shape index (κ1) is 11.4. The second kappa shape index (κ2) is 4.53. The molecule has 96 valence electrons. The van der Waals surface area contributed by atoms with Gasteiger partial charge in [0, 0.05) is 11.1 Å². The predicted molar refractivity (Wildman–Crippen MR) is 75.3 cm³/mol. The lowest BCUT2D eigenvalue weighted by atomic mass is 10.2. The molecule has 3 aromatic rings. The molecule has 0 aliphatic carbocycles. The van der Waals surface area contributed by atoms with Gasteiger partial charge < -0.3 is 16.3 Å². The van der Waals surface area contributed by atoms with Crippen LogP contribution < -0.4 is 11.2 Å². The molecule has 3 rings (SSSR count). The molecular formula is C14H14N4O. The first-order valence-corrected chi connectivity index (χ1v) is 5.98. The van der Waals surface area contributed by atoms with E-state index in [-0.39, 0.29) is 5.75 Å². The molecule has 1 aromatic heterocycles. The Morgan fingerprint density at radius 1 is 1.16 bits per heavy atom. The summed E-state index contributed by atoms with van der Waals surface area (Å²) in [7, 11) is 0. The number of aromatic hydroxyl groups is 1. The number of nitrogens with two attached hydrogens (primary N) is 1. The Morgan fingerprint density at radius 2 is 1.95 bits per heavy atom. The second-order valence-corrected chi connectivity index (χ2v) is 4.31. The van der Waals surface area contributed by atoms with Gasteiger partial charge in [0.2, 0.25) is 0 Å². The number of rotatable bonds is 3. The van der Waals surface area contributed by atoms with Crippen molar-refractivity contribution in [2.45, 2.75) is 6.54 Å². The molecule has 0 saturated heterocycles. The van der Waals surface area contributed by atoms with Crippen LogP contribution >= 0.6 is 0 Å². The normalized spacial score (nSPS) is 10.7. The maximum Gasteiger partial charge on any atom is 0.143 e. The minimum absolute atomic E-state index is 0.155. The molecule has 4 N–H and O–H groups in total. The van der Waals surface area contributed by atoms with E-state index in [1.165, 1.54) is 0 Å². The van der Waals surface area contributed by atoms with Crippen molar-refractivity contribution in [3.05, 3.63) is 54.2 Å². The van der Waals surface area contributed by atoms with Crippen molar-refractivity contribution in [3.8, 4) is 5.75 Å². The average molecular weight is 254 g/mol. The van der Waals surface area contributed by atoms with E-state index >= 15 is 0 Å². The Balaban J connectivity index is 1.92. The topological polar surface area (TPSA) is 76.1 Å². The summed E-state index contributed by atoms with van der Waals surface area (Å²) in [5.74, 6) is 0.155. The van der Waals surface area contributed by atoms with Crippen LogP contribution in [0.2, 0.25) is 0 Å². The van der Waals surface area contributed by atoms with E-state index in [2.05, 4.69) is 10.5 Å². The zero-order valence-electron chi connectivity index (χ0n) is 10.2. The summed E-state index contributed by atoms with van der Waals surface area (Å²) >= 11 is 0. The number of phenols is 1. The van der Waals surface area contributed by atoms with E-state index < -0.39 is 0 Å². The summed E-state index contributed by atoms with van der Waals surface area (Å²) in [5.41, 5.74) is 11.3. The first-order valence-electron chi connectivity index (χ1n) is 5.98. The number of nitrogen functional groups attached to an aromatic ring is 1. The Labute approximate surface area is 110 Å². The number of hydrogen-bond acceptors (Lipinski definition) is 4. The van der Waals surface area contributed by atoms with Crippen molar-refractivity contribution in [2.24, 2.45) is 0 Å². The largest absolute Gasteiger partial charge is 0.506 e. The Morgan fingerprint density at radius 3 is 2.74 bits per heavy atom. The molecule has 0 bridgehead atoms. The Hall–Kier alpha value is -2.69. The fourth-order valence-electron chi connectivity index (χ4n) is 2.03. The summed E-state index contributed by atoms with van der Waals surface area (Å²) in [5, 5.41) is 14.8. The van der Waals surface area contributed by atoms with Gasteiger partial charge in [-0.05, 0) is 17.7 Å². The summed E-state index contributed by atoms with van der Waals surface area (Å²) in [4.78, 5) is 1.55. The van der Waals surface area contributed by atoms with Gasteiger partial charge in [-0.3, -0.25) is 0 Å². The lowest BCUT2D eigenvalue weighted by molar-refractivity contribution is 0.477. The van der Waals surface area contributed by atoms with E-state index in [1.54, 1.807) is 23.1 Å². The number of anilines is 1. The van der Waals surface area contributed by atoms with Crippen LogP contribution in [0.25, 0.3) is 10.9 Å². The van der Waals surface area contributed by atoms with Gasteiger partial charge in [0.1, 0.15) is 11.3 Å². The Kier molecular flexibility index (Phi) is 2.72. The number of fused-ring (bicyclic) bond motifs is 1. The van der Waals surface area contributed by atoms with Gasteiger partial charge in [0.05, 0.1) is 12.7 Å². The van der Waals surface area contributed by atoms with Gasteiger partial charge in [-0.15, -0.1) is 0 Å². The van der Waals surface area contributed by atoms with Crippen LogP contribution in [0.1, 0.15) is 5.56 Å². The third kappa shape index (κ3) is 2.06. The van der Waals surface area contributed by atoms with Gasteiger partial charge in [0.15, 0.2) is 0 Å². The summed E-state index contributed by atoms with van der Waals surface area (Å²) in [6, 6.07) is 13.2. The van der Waals surface area contributed by atoms with E-state index in [4.69, 9.17) is 5.73 Å². The van der Waals surface area contributed by atoms with Gasteiger partial charge in [-0.2, -0.15) is 9.89 Å². The molecule has 5 heteroatoms. The maximum absolute atomic E-state index is 9.91. The first-order chi connectivity index (χ1) is 9.25. The molecule has 5 nitrogen and oxygen atoms in total. The van der Waals surface area contributed by atoms with Crippen LogP contribution in [0, 0.1) is 0 Å². The maximum atomic E-state index is 9.91. The fourth-order valence-corrected chi connectivity index (χ4v) is 2.03. The highest BCUT2D eigenvalue weighted by Crippen LogP contribution is 2.28. The number of benzene rings is 2. The van der Waals surface area contributed by atoms with Crippen LogP contribution in [0.3, 0.4) is 0 Å². The van der Waals surface area contributed by atoms with Gasteiger partial charge in [-0.25, -0.2) is 0 Å². The minimum atomic E-state index is 0.155. The zero-order valence-corrected chi connectivity index (χ0v) is 10.2. The van der Waals surface area contributed by atoms with Crippen molar-refractivity contribution in [3.63, 3.8) is 0 Å². The Bertz CT molecular complexity index is 706. The van der Waals surface area contributed by atoms with Gasteiger partial charge in [0.25, 0.3) is 0 Å². The molecule has 0 amide bonds.